The Balaban J connectivity index is 2.47. The van der Waals surface area contributed by atoms with Crippen molar-refractivity contribution in [1.29, 1.82) is 0 Å². The fourth-order valence-corrected chi connectivity index (χ4v) is 1.51. The van der Waals surface area contributed by atoms with Gasteiger partial charge in [0.05, 0.1) is 13.2 Å². The van der Waals surface area contributed by atoms with E-state index >= 15 is 0 Å². The second-order valence-corrected chi connectivity index (χ2v) is 3.20. The molecule has 1 fully saturated rings. The molecular weight excluding hydrogens is 168 g/mol. The lowest BCUT2D eigenvalue weighted by Crippen LogP contribution is -2.28. The maximum absolute atomic E-state index is 8.59. The van der Waals surface area contributed by atoms with Crippen molar-refractivity contribution >= 4 is 0 Å². The summed E-state index contributed by atoms with van der Waals surface area (Å²) < 4.78 is 11.3. The zero-order valence-electron chi connectivity index (χ0n) is 8.32. The fraction of sp³-hybridized carbons (Fsp3) is 0.800. The van der Waals surface area contributed by atoms with E-state index in [-0.39, 0.29) is 18.5 Å². The first-order chi connectivity index (χ1) is 6.26. The van der Waals surface area contributed by atoms with Gasteiger partial charge in [0.2, 0.25) is 0 Å². The first-order valence-electron chi connectivity index (χ1n) is 4.85. The van der Waals surface area contributed by atoms with Crippen LogP contribution in [0.15, 0.2) is 12.2 Å². The summed E-state index contributed by atoms with van der Waals surface area (Å²) >= 11 is 0. The molecule has 0 aromatic rings. The van der Waals surface area contributed by atoms with Crippen molar-refractivity contribution in [1.82, 2.24) is 0 Å². The van der Waals surface area contributed by atoms with Crippen LogP contribution in [0.1, 0.15) is 26.7 Å². The highest BCUT2D eigenvalue weighted by atomic mass is 16.7. The van der Waals surface area contributed by atoms with E-state index in [1.807, 2.05) is 6.08 Å². The monoisotopic (exact) mass is 186 g/mol. The van der Waals surface area contributed by atoms with Gasteiger partial charge in [-0.3, -0.25) is 0 Å². The minimum absolute atomic E-state index is 0.00653. The number of ether oxygens (including phenoxy) is 2. The van der Waals surface area contributed by atoms with E-state index in [0.29, 0.717) is 6.61 Å². The Labute approximate surface area is 79.3 Å². The Morgan fingerprint density at radius 1 is 1.46 bits per heavy atom. The van der Waals surface area contributed by atoms with E-state index in [9.17, 15) is 0 Å². The summed E-state index contributed by atoms with van der Waals surface area (Å²) in [7, 11) is 0. The molecule has 0 saturated carbocycles. The van der Waals surface area contributed by atoms with Crippen molar-refractivity contribution in [2.75, 3.05) is 13.2 Å². The topological polar surface area (TPSA) is 38.7 Å². The average molecular weight is 186 g/mol. The Bertz CT molecular complexity index is 173. The van der Waals surface area contributed by atoms with Crippen molar-refractivity contribution in [3.05, 3.63) is 12.2 Å². The highest BCUT2D eigenvalue weighted by Gasteiger charge is 2.37. The highest BCUT2D eigenvalue weighted by molar-refractivity contribution is 4.93. The third-order valence-corrected chi connectivity index (χ3v) is 2.41. The van der Waals surface area contributed by atoms with E-state index in [1.165, 1.54) is 0 Å². The molecule has 1 N–H and O–H groups in total. The molecule has 76 valence electrons. The highest BCUT2D eigenvalue weighted by Crippen LogP contribution is 2.30. The quantitative estimate of drug-likeness (QED) is 0.676. The molecule has 1 aliphatic rings. The van der Waals surface area contributed by atoms with Crippen LogP contribution in [0, 0.1) is 0 Å². The second-order valence-electron chi connectivity index (χ2n) is 3.20. The Morgan fingerprint density at radius 2 is 2.15 bits per heavy atom. The molecule has 0 radical (unpaired) electrons. The van der Waals surface area contributed by atoms with Crippen LogP contribution in [0.3, 0.4) is 0 Å². The summed E-state index contributed by atoms with van der Waals surface area (Å²) in [4.78, 5) is 0. The van der Waals surface area contributed by atoms with Gasteiger partial charge < -0.3 is 14.6 Å². The normalized spacial score (nSPS) is 27.2. The van der Waals surface area contributed by atoms with E-state index in [1.54, 1.807) is 6.08 Å². The number of hydrogen-bond donors (Lipinski definition) is 1. The molecule has 13 heavy (non-hydrogen) atoms. The zero-order valence-corrected chi connectivity index (χ0v) is 8.32. The molecule has 0 aromatic carbocycles. The molecular formula is C10H18O3. The molecule has 3 nitrogen and oxygen atoms in total. The van der Waals surface area contributed by atoms with Gasteiger partial charge in [0.15, 0.2) is 5.79 Å². The minimum atomic E-state index is -0.384. The predicted octanol–water partition coefficient (Wildman–Crippen LogP) is 1.47. The van der Waals surface area contributed by atoms with Crippen molar-refractivity contribution in [3.8, 4) is 0 Å². The average Bonchev–Trinajstić information content (AvgIpc) is 2.59. The molecule has 0 bridgehead atoms. The Kier molecular flexibility index (Phi) is 3.90. The molecule has 0 amide bonds. The molecule has 0 aromatic heterocycles. The summed E-state index contributed by atoms with van der Waals surface area (Å²) in [6, 6.07) is 0. The summed E-state index contributed by atoms with van der Waals surface area (Å²) in [6.45, 7) is 4.77. The van der Waals surface area contributed by atoms with E-state index in [4.69, 9.17) is 14.6 Å². The molecule has 0 unspecified atom stereocenters. The smallest absolute Gasteiger partial charge is 0.168 e. The number of hydrogen-bond acceptors (Lipinski definition) is 3. The summed E-state index contributed by atoms with van der Waals surface area (Å²) in [5.74, 6) is -0.384. The first-order valence-corrected chi connectivity index (χ1v) is 4.85. The summed E-state index contributed by atoms with van der Waals surface area (Å²) in [5.41, 5.74) is 0. The van der Waals surface area contributed by atoms with Gasteiger partial charge in [-0.05, 0) is 12.8 Å². The van der Waals surface area contributed by atoms with Crippen molar-refractivity contribution in [3.63, 3.8) is 0 Å². The summed E-state index contributed by atoms with van der Waals surface area (Å²) in [6.07, 6.45) is 5.29. The lowest BCUT2D eigenvalue weighted by Gasteiger charge is -2.24. The molecule has 3 heteroatoms. The fourth-order valence-electron chi connectivity index (χ4n) is 1.51. The van der Waals surface area contributed by atoms with Crippen LogP contribution in [0.25, 0.3) is 0 Å². The maximum atomic E-state index is 8.59. The van der Waals surface area contributed by atoms with Crippen LogP contribution in [0.4, 0.5) is 0 Å². The second kappa shape index (κ2) is 4.74. The molecule has 1 aliphatic heterocycles. The van der Waals surface area contributed by atoms with Crippen LogP contribution in [-0.2, 0) is 9.47 Å². The maximum Gasteiger partial charge on any atom is 0.168 e. The van der Waals surface area contributed by atoms with Gasteiger partial charge >= 0.3 is 0 Å². The number of aliphatic hydroxyl groups is 1. The van der Waals surface area contributed by atoms with Crippen LogP contribution in [0.5, 0.6) is 0 Å². The van der Waals surface area contributed by atoms with Crippen molar-refractivity contribution in [2.45, 2.75) is 38.6 Å². The Morgan fingerprint density at radius 3 is 2.62 bits per heavy atom. The molecule has 0 spiro atoms. The first kappa shape index (κ1) is 10.7. The molecule has 1 saturated heterocycles. The van der Waals surface area contributed by atoms with Gasteiger partial charge in [-0.25, -0.2) is 0 Å². The molecule has 1 atom stereocenters. The molecule has 1 rings (SSSR count). The van der Waals surface area contributed by atoms with Crippen LogP contribution >= 0.6 is 0 Å². The van der Waals surface area contributed by atoms with Gasteiger partial charge in [-0.1, -0.05) is 26.0 Å². The van der Waals surface area contributed by atoms with Crippen molar-refractivity contribution < 1.29 is 14.6 Å². The molecule has 1 heterocycles. The van der Waals surface area contributed by atoms with Crippen LogP contribution in [0.2, 0.25) is 0 Å². The van der Waals surface area contributed by atoms with E-state index in [2.05, 4.69) is 13.8 Å². The van der Waals surface area contributed by atoms with Gasteiger partial charge in [0.25, 0.3) is 0 Å². The van der Waals surface area contributed by atoms with Crippen molar-refractivity contribution in [2.24, 2.45) is 0 Å². The van der Waals surface area contributed by atoms with Gasteiger partial charge in [-0.15, -0.1) is 0 Å². The minimum Gasteiger partial charge on any atom is -0.392 e. The zero-order chi connectivity index (χ0) is 9.73. The number of aliphatic hydroxyl groups excluding tert-OH is 1. The van der Waals surface area contributed by atoms with E-state index < -0.39 is 0 Å². The van der Waals surface area contributed by atoms with Crippen LogP contribution < -0.4 is 0 Å². The van der Waals surface area contributed by atoms with Gasteiger partial charge in [0.1, 0.15) is 6.10 Å². The third kappa shape index (κ3) is 2.53. The third-order valence-electron chi connectivity index (χ3n) is 2.41. The standard InChI is InChI=1S/C10H18O3/c1-3-10(4-2)12-8-9(13-10)6-5-7-11/h5-6,9,11H,3-4,7-8H2,1-2H3/b6-5+/t9-/m0/s1. The lowest BCUT2D eigenvalue weighted by atomic mass is 10.1. The van der Waals surface area contributed by atoms with Gasteiger partial charge in [-0.2, -0.15) is 0 Å². The largest absolute Gasteiger partial charge is 0.392 e. The number of rotatable bonds is 4. The predicted molar refractivity (Wildman–Crippen MR) is 50.4 cm³/mol. The van der Waals surface area contributed by atoms with Gasteiger partial charge in [0, 0.05) is 0 Å². The van der Waals surface area contributed by atoms with E-state index in [0.717, 1.165) is 12.8 Å². The lowest BCUT2D eigenvalue weighted by molar-refractivity contribution is -0.167. The summed E-state index contributed by atoms with van der Waals surface area (Å²) in [5, 5.41) is 8.59. The molecule has 0 aliphatic carbocycles. The van der Waals surface area contributed by atoms with Crippen LogP contribution in [-0.4, -0.2) is 30.2 Å². The SMILES string of the molecule is CCC1(CC)OC[C@H](/C=C/CO)O1. The Hall–Kier alpha value is -0.380.